The van der Waals surface area contributed by atoms with E-state index in [9.17, 15) is 28.0 Å². The first-order valence-electron chi connectivity index (χ1n) is 11.3. The number of halogens is 4. The van der Waals surface area contributed by atoms with E-state index in [2.05, 4.69) is 17.6 Å². The number of piperidine rings is 1. The lowest BCUT2D eigenvalue weighted by Crippen LogP contribution is -2.55. The fourth-order valence-corrected chi connectivity index (χ4v) is 5.06. The maximum Gasteiger partial charge on any atom is 0.416 e. The first kappa shape index (κ1) is 25.0. The summed E-state index contributed by atoms with van der Waals surface area (Å²) >= 11 is 5.99. The van der Waals surface area contributed by atoms with Crippen LogP contribution >= 0.6 is 11.6 Å². The SMILES string of the molecule is CCC1CCN(CC(=O)NC2(c3ccc(Cl)cc3)C(=O)Nc3cc(C#N)cc(C(F)(F)F)c32)CC1. The van der Waals surface area contributed by atoms with Crippen LogP contribution in [0.3, 0.4) is 0 Å². The van der Waals surface area contributed by atoms with Crippen LogP contribution in [0.15, 0.2) is 36.4 Å². The topological polar surface area (TPSA) is 85.2 Å². The summed E-state index contributed by atoms with van der Waals surface area (Å²) in [7, 11) is 0. The molecular formula is C25H24ClF3N4O2. The summed E-state index contributed by atoms with van der Waals surface area (Å²) in [5.41, 5.74) is -4.03. The molecule has 1 fully saturated rings. The number of hydrogen-bond acceptors (Lipinski definition) is 4. The van der Waals surface area contributed by atoms with Crippen molar-refractivity contribution in [2.75, 3.05) is 25.0 Å². The third kappa shape index (κ3) is 4.73. The minimum absolute atomic E-state index is 0.0496. The molecule has 0 aromatic heterocycles. The van der Waals surface area contributed by atoms with E-state index in [1.165, 1.54) is 30.3 Å². The Labute approximate surface area is 206 Å². The Kier molecular flexibility index (Phi) is 6.80. The third-order valence-electron chi connectivity index (χ3n) is 6.79. The van der Waals surface area contributed by atoms with E-state index in [-0.39, 0.29) is 23.4 Å². The van der Waals surface area contributed by atoms with E-state index in [1.807, 2.05) is 4.90 Å². The highest BCUT2D eigenvalue weighted by atomic mass is 35.5. The van der Waals surface area contributed by atoms with Gasteiger partial charge in [0, 0.05) is 16.3 Å². The van der Waals surface area contributed by atoms with Crippen molar-refractivity contribution in [1.29, 1.82) is 5.26 Å². The minimum atomic E-state index is -4.88. The van der Waals surface area contributed by atoms with Gasteiger partial charge in [-0.05, 0) is 61.7 Å². The van der Waals surface area contributed by atoms with Gasteiger partial charge in [0.2, 0.25) is 5.91 Å². The molecule has 2 aromatic carbocycles. The normalized spacial score (nSPS) is 20.7. The summed E-state index contributed by atoms with van der Waals surface area (Å²) in [5.74, 6) is -0.824. The van der Waals surface area contributed by atoms with E-state index in [0.717, 1.165) is 19.3 Å². The van der Waals surface area contributed by atoms with Crippen LogP contribution in [-0.2, 0) is 21.3 Å². The number of alkyl halides is 3. The van der Waals surface area contributed by atoms with Gasteiger partial charge in [-0.3, -0.25) is 14.5 Å². The second-order valence-corrected chi connectivity index (χ2v) is 9.38. The van der Waals surface area contributed by atoms with E-state index in [1.54, 1.807) is 6.07 Å². The number of carbonyl (C=O) groups is 2. The van der Waals surface area contributed by atoms with Crippen LogP contribution < -0.4 is 10.6 Å². The summed E-state index contributed by atoms with van der Waals surface area (Å²) in [4.78, 5) is 28.6. The fourth-order valence-electron chi connectivity index (χ4n) is 4.93. The maximum atomic E-state index is 14.2. The summed E-state index contributed by atoms with van der Waals surface area (Å²) < 4.78 is 42.6. The van der Waals surface area contributed by atoms with Gasteiger partial charge >= 0.3 is 6.18 Å². The number of amides is 2. The standard InChI is InChI=1S/C25H24ClF3N4O2/c1-2-15-7-9-33(10-8-15)14-21(34)32-24(17-3-5-18(26)6-4-17)22-19(25(27,28)29)11-16(13-30)12-20(22)31-23(24)35/h3-6,11-12,15H,2,7-10,14H2,1H3,(H,31,35)(H,32,34). The van der Waals surface area contributed by atoms with Crippen molar-refractivity contribution in [3.63, 3.8) is 0 Å². The molecule has 184 valence electrons. The van der Waals surface area contributed by atoms with E-state index < -0.39 is 34.7 Å². The van der Waals surface area contributed by atoms with Gasteiger partial charge in [0.1, 0.15) is 0 Å². The quantitative estimate of drug-likeness (QED) is 0.620. The number of nitrogens with one attached hydrogen (secondary N) is 2. The Morgan fingerprint density at radius 2 is 1.91 bits per heavy atom. The molecule has 6 nitrogen and oxygen atoms in total. The van der Waals surface area contributed by atoms with Crippen LogP contribution in [0.5, 0.6) is 0 Å². The lowest BCUT2D eigenvalue weighted by molar-refractivity contribution is -0.140. The number of fused-ring (bicyclic) bond motifs is 1. The molecule has 1 saturated heterocycles. The largest absolute Gasteiger partial charge is 0.416 e. The monoisotopic (exact) mass is 504 g/mol. The summed E-state index contributed by atoms with van der Waals surface area (Å²) in [6, 6.07) is 9.31. The van der Waals surface area contributed by atoms with Gasteiger partial charge in [-0.1, -0.05) is 37.1 Å². The van der Waals surface area contributed by atoms with Gasteiger partial charge in [-0.25, -0.2) is 0 Å². The maximum absolute atomic E-state index is 14.2. The molecule has 1 atom stereocenters. The summed E-state index contributed by atoms with van der Waals surface area (Å²) in [6.07, 6.45) is -1.95. The number of anilines is 1. The average molecular weight is 505 g/mol. The zero-order chi connectivity index (χ0) is 25.4. The Balaban J connectivity index is 1.80. The molecule has 0 spiro atoms. The van der Waals surface area contributed by atoms with Crippen molar-refractivity contribution in [2.24, 2.45) is 5.92 Å². The van der Waals surface area contributed by atoms with Crippen LogP contribution in [0, 0.1) is 17.2 Å². The van der Waals surface area contributed by atoms with Crippen molar-refractivity contribution in [3.8, 4) is 6.07 Å². The summed E-state index contributed by atoms with van der Waals surface area (Å²) in [5, 5.41) is 14.7. The fraction of sp³-hybridized carbons (Fsp3) is 0.400. The second-order valence-electron chi connectivity index (χ2n) is 8.94. The highest BCUT2D eigenvalue weighted by Crippen LogP contribution is 2.48. The molecule has 0 radical (unpaired) electrons. The van der Waals surface area contributed by atoms with Gasteiger partial charge in [-0.15, -0.1) is 0 Å². The molecule has 35 heavy (non-hydrogen) atoms. The third-order valence-corrected chi connectivity index (χ3v) is 7.04. The van der Waals surface area contributed by atoms with Crippen LogP contribution in [0.25, 0.3) is 0 Å². The average Bonchev–Trinajstić information content (AvgIpc) is 3.10. The first-order chi connectivity index (χ1) is 16.6. The number of rotatable bonds is 5. The molecule has 10 heteroatoms. The number of nitrogens with zero attached hydrogens (tertiary/aromatic N) is 2. The number of hydrogen-bond donors (Lipinski definition) is 2. The highest BCUT2D eigenvalue weighted by molar-refractivity contribution is 6.30. The number of nitriles is 1. The Morgan fingerprint density at radius 3 is 2.49 bits per heavy atom. The Bertz CT molecular complexity index is 1180. The molecule has 0 aliphatic carbocycles. The van der Waals surface area contributed by atoms with Crippen molar-refractivity contribution < 1.29 is 22.8 Å². The molecule has 2 aromatic rings. The van der Waals surface area contributed by atoms with Crippen molar-refractivity contribution in [1.82, 2.24) is 10.2 Å². The van der Waals surface area contributed by atoms with E-state index in [0.29, 0.717) is 30.1 Å². The van der Waals surface area contributed by atoms with Crippen LogP contribution in [0.2, 0.25) is 5.02 Å². The summed E-state index contributed by atoms with van der Waals surface area (Å²) in [6.45, 7) is 3.46. The zero-order valence-corrected chi connectivity index (χ0v) is 19.8. The number of carbonyl (C=O) groups excluding carboxylic acids is 2. The van der Waals surface area contributed by atoms with Gasteiger partial charge in [0.25, 0.3) is 5.91 Å². The lowest BCUT2D eigenvalue weighted by atomic mass is 9.80. The molecule has 2 aliphatic heterocycles. The van der Waals surface area contributed by atoms with Gasteiger partial charge in [0.15, 0.2) is 5.54 Å². The van der Waals surface area contributed by atoms with E-state index in [4.69, 9.17) is 11.6 Å². The smallest absolute Gasteiger partial charge is 0.333 e. The molecule has 2 aliphatic rings. The van der Waals surface area contributed by atoms with Crippen LogP contribution in [0.1, 0.15) is 48.4 Å². The second kappa shape index (κ2) is 9.51. The van der Waals surface area contributed by atoms with Gasteiger partial charge in [-0.2, -0.15) is 18.4 Å². The van der Waals surface area contributed by atoms with E-state index >= 15 is 0 Å². The lowest BCUT2D eigenvalue weighted by Gasteiger charge is -2.34. The molecule has 1 unspecified atom stereocenters. The Hall–Kier alpha value is -3.09. The van der Waals surface area contributed by atoms with Gasteiger partial charge < -0.3 is 10.6 Å². The predicted octanol–water partition coefficient (Wildman–Crippen LogP) is 4.66. The molecule has 0 saturated carbocycles. The minimum Gasteiger partial charge on any atom is -0.333 e. The van der Waals surface area contributed by atoms with Crippen LogP contribution in [0.4, 0.5) is 18.9 Å². The molecule has 2 amide bonds. The van der Waals surface area contributed by atoms with Crippen molar-refractivity contribution in [3.05, 3.63) is 63.7 Å². The molecule has 4 rings (SSSR count). The Morgan fingerprint density at radius 1 is 1.26 bits per heavy atom. The molecule has 0 bridgehead atoms. The number of likely N-dealkylation sites (tertiary alicyclic amines) is 1. The number of benzene rings is 2. The van der Waals surface area contributed by atoms with Gasteiger partial charge in [0.05, 0.1) is 23.7 Å². The molecule has 2 heterocycles. The predicted molar refractivity (Wildman–Crippen MR) is 125 cm³/mol. The van der Waals surface area contributed by atoms with Crippen LogP contribution in [-0.4, -0.2) is 36.3 Å². The molecular weight excluding hydrogens is 481 g/mol. The van der Waals surface area contributed by atoms with Crippen molar-refractivity contribution >= 4 is 29.1 Å². The first-order valence-corrected chi connectivity index (χ1v) is 11.7. The van der Waals surface area contributed by atoms with Crippen molar-refractivity contribution in [2.45, 2.75) is 37.9 Å². The zero-order valence-electron chi connectivity index (χ0n) is 19.0. The highest BCUT2D eigenvalue weighted by Gasteiger charge is 2.54. The molecule has 2 N–H and O–H groups in total.